The van der Waals surface area contributed by atoms with Crippen molar-refractivity contribution in [3.05, 3.63) is 21.9 Å². The molecule has 1 fully saturated rings. The molecule has 0 saturated heterocycles. The van der Waals surface area contributed by atoms with Crippen molar-refractivity contribution in [1.82, 2.24) is 5.32 Å². The summed E-state index contributed by atoms with van der Waals surface area (Å²) in [4.78, 5) is 13.4. The number of esters is 1. The quantitative estimate of drug-likeness (QED) is 0.793. The molecule has 1 aliphatic carbocycles. The molecule has 0 amide bonds. The molecule has 1 heterocycles. The van der Waals surface area contributed by atoms with E-state index >= 15 is 0 Å². The summed E-state index contributed by atoms with van der Waals surface area (Å²) in [6.45, 7) is 3.59. The van der Waals surface area contributed by atoms with E-state index in [2.05, 4.69) is 17.0 Å². The van der Waals surface area contributed by atoms with Crippen molar-refractivity contribution in [2.24, 2.45) is 5.92 Å². The molecule has 21 heavy (non-hydrogen) atoms. The number of methoxy groups -OCH3 is 1. The lowest BCUT2D eigenvalue weighted by Gasteiger charge is -2.35. The highest BCUT2D eigenvalue weighted by Crippen LogP contribution is 2.31. The fourth-order valence-corrected chi connectivity index (χ4v) is 4.01. The Labute approximate surface area is 130 Å². The van der Waals surface area contributed by atoms with Gasteiger partial charge in [-0.05, 0) is 30.9 Å². The lowest BCUT2D eigenvalue weighted by molar-refractivity contribution is -0.139. The molecule has 5 heteroatoms. The van der Waals surface area contributed by atoms with Gasteiger partial charge in [0, 0.05) is 22.8 Å². The molecule has 2 rings (SSSR count). The van der Waals surface area contributed by atoms with Crippen LogP contribution in [0.2, 0.25) is 0 Å². The van der Waals surface area contributed by atoms with E-state index < -0.39 is 5.60 Å². The molecule has 1 aliphatic rings. The van der Waals surface area contributed by atoms with E-state index in [1.54, 1.807) is 11.3 Å². The number of carbonyl (C=O) groups is 1. The molecule has 2 unspecified atom stereocenters. The van der Waals surface area contributed by atoms with Gasteiger partial charge in [0.25, 0.3) is 0 Å². The maximum atomic E-state index is 11.2. The van der Waals surface area contributed by atoms with Crippen LogP contribution in [0.4, 0.5) is 0 Å². The van der Waals surface area contributed by atoms with E-state index in [1.807, 2.05) is 12.1 Å². The summed E-state index contributed by atoms with van der Waals surface area (Å²) in [6.07, 6.45) is 4.45. The third-order valence-corrected chi connectivity index (χ3v) is 5.17. The fraction of sp³-hybridized carbons (Fsp3) is 0.688. The van der Waals surface area contributed by atoms with Gasteiger partial charge < -0.3 is 15.2 Å². The predicted octanol–water partition coefficient (Wildman–Crippen LogP) is 2.49. The van der Waals surface area contributed by atoms with Crippen LogP contribution in [0.1, 0.15) is 42.4 Å². The normalized spacial score (nSPS) is 25.8. The number of aliphatic hydroxyl groups is 1. The van der Waals surface area contributed by atoms with Gasteiger partial charge in [0.2, 0.25) is 0 Å². The van der Waals surface area contributed by atoms with Gasteiger partial charge in [0.1, 0.15) is 0 Å². The van der Waals surface area contributed by atoms with Crippen molar-refractivity contribution in [3.8, 4) is 0 Å². The van der Waals surface area contributed by atoms with Crippen LogP contribution < -0.4 is 5.32 Å². The first-order valence-electron chi connectivity index (χ1n) is 7.58. The first kappa shape index (κ1) is 16.5. The standard InChI is InChI=1S/C16H25NO3S/c1-12-4-3-7-16(19,9-12)11-17-10-14-6-5-13(21-14)8-15(18)20-2/h5-6,12,17,19H,3-4,7-11H2,1-2H3. The van der Waals surface area contributed by atoms with Crippen molar-refractivity contribution in [3.63, 3.8) is 0 Å². The summed E-state index contributed by atoms with van der Waals surface area (Å²) in [5, 5.41) is 13.9. The molecule has 118 valence electrons. The van der Waals surface area contributed by atoms with Crippen molar-refractivity contribution < 1.29 is 14.6 Å². The maximum absolute atomic E-state index is 11.2. The van der Waals surface area contributed by atoms with Crippen LogP contribution in [0.25, 0.3) is 0 Å². The summed E-state index contributed by atoms with van der Waals surface area (Å²) >= 11 is 1.62. The first-order chi connectivity index (χ1) is 10.0. The number of nitrogens with one attached hydrogen (secondary N) is 1. The maximum Gasteiger partial charge on any atom is 0.310 e. The van der Waals surface area contributed by atoms with Crippen LogP contribution in [-0.4, -0.2) is 30.3 Å². The van der Waals surface area contributed by atoms with Gasteiger partial charge in [-0.25, -0.2) is 0 Å². The Morgan fingerprint density at radius 1 is 1.52 bits per heavy atom. The molecule has 1 aromatic heterocycles. The SMILES string of the molecule is COC(=O)Cc1ccc(CNCC2(O)CCCC(C)C2)s1. The molecule has 1 saturated carbocycles. The minimum Gasteiger partial charge on any atom is -0.469 e. The second-order valence-corrected chi connectivity index (χ2v) is 7.40. The highest BCUT2D eigenvalue weighted by Gasteiger charge is 2.31. The number of ether oxygens (including phenoxy) is 1. The second-order valence-electron chi connectivity index (χ2n) is 6.15. The van der Waals surface area contributed by atoms with Crippen molar-refractivity contribution in [2.45, 2.75) is 51.2 Å². The number of hydrogen-bond acceptors (Lipinski definition) is 5. The van der Waals surface area contributed by atoms with Crippen LogP contribution in [-0.2, 0) is 22.5 Å². The minimum absolute atomic E-state index is 0.207. The number of thiophene rings is 1. The van der Waals surface area contributed by atoms with Gasteiger partial charge in [-0.15, -0.1) is 11.3 Å². The highest BCUT2D eigenvalue weighted by atomic mass is 32.1. The average molecular weight is 311 g/mol. The Kier molecular flexibility index (Phi) is 5.79. The van der Waals surface area contributed by atoms with E-state index in [9.17, 15) is 9.90 Å². The molecule has 2 atom stereocenters. The molecule has 0 radical (unpaired) electrons. The lowest BCUT2D eigenvalue weighted by Crippen LogP contribution is -2.43. The molecular weight excluding hydrogens is 286 g/mol. The molecule has 2 N–H and O–H groups in total. The number of rotatable bonds is 6. The van der Waals surface area contributed by atoms with Gasteiger partial charge >= 0.3 is 5.97 Å². The van der Waals surface area contributed by atoms with E-state index in [0.717, 1.165) is 30.7 Å². The Morgan fingerprint density at radius 2 is 2.29 bits per heavy atom. The molecule has 0 bridgehead atoms. The fourth-order valence-electron chi connectivity index (χ4n) is 3.04. The van der Waals surface area contributed by atoms with Crippen LogP contribution in [0, 0.1) is 5.92 Å². The zero-order valence-electron chi connectivity index (χ0n) is 12.9. The zero-order chi connectivity index (χ0) is 15.3. The van der Waals surface area contributed by atoms with Crippen molar-refractivity contribution in [2.75, 3.05) is 13.7 Å². The monoisotopic (exact) mass is 311 g/mol. The Bertz CT molecular complexity index is 474. The molecule has 0 aliphatic heterocycles. The molecule has 0 aromatic carbocycles. The third kappa shape index (κ3) is 5.09. The van der Waals surface area contributed by atoms with Crippen molar-refractivity contribution in [1.29, 1.82) is 0 Å². The van der Waals surface area contributed by atoms with Crippen molar-refractivity contribution >= 4 is 17.3 Å². The van der Waals surface area contributed by atoms with E-state index in [-0.39, 0.29) is 5.97 Å². The molecule has 1 aromatic rings. The van der Waals surface area contributed by atoms with E-state index in [0.29, 0.717) is 18.9 Å². The van der Waals surface area contributed by atoms with E-state index in [4.69, 9.17) is 0 Å². The number of carbonyl (C=O) groups excluding carboxylic acids is 1. The number of hydrogen-bond donors (Lipinski definition) is 2. The Morgan fingerprint density at radius 3 is 3.00 bits per heavy atom. The van der Waals surface area contributed by atoms with Gasteiger partial charge in [-0.1, -0.05) is 19.8 Å². The van der Waals surface area contributed by atoms with Crippen LogP contribution >= 0.6 is 11.3 Å². The zero-order valence-corrected chi connectivity index (χ0v) is 13.7. The first-order valence-corrected chi connectivity index (χ1v) is 8.40. The molecule has 0 spiro atoms. The summed E-state index contributed by atoms with van der Waals surface area (Å²) in [7, 11) is 1.41. The van der Waals surface area contributed by atoms with Gasteiger partial charge in [0.05, 0.1) is 19.1 Å². The predicted molar refractivity (Wildman–Crippen MR) is 84.3 cm³/mol. The van der Waals surface area contributed by atoms with Crippen LogP contribution in [0.3, 0.4) is 0 Å². The lowest BCUT2D eigenvalue weighted by atomic mass is 9.79. The smallest absolute Gasteiger partial charge is 0.310 e. The highest BCUT2D eigenvalue weighted by molar-refractivity contribution is 7.12. The van der Waals surface area contributed by atoms with Gasteiger partial charge in [-0.3, -0.25) is 4.79 Å². The summed E-state index contributed by atoms with van der Waals surface area (Å²) in [6, 6.07) is 4.00. The minimum atomic E-state index is -0.552. The summed E-state index contributed by atoms with van der Waals surface area (Å²) < 4.78 is 4.67. The van der Waals surface area contributed by atoms with Crippen LogP contribution in [0.5, 0.6) is 0 Å². The topological polar surface area (TPSA) is 58.6 Å². The largest absolute Gasteiger partial charge is 0.469 e. The van der Waals surface area contributed by atoms with E-state index in [1.165, 1.54) is 18.4 Å². The van der Waals surface area contributed by atoms with Crippen LogP contribution in [0.15, 0.2) is 12.1 Å². The second kappa shape index (κ2) is 7.38. The molecular formula is C16H25NO3S. The summed E-state index contributed by atoms with van der Waals surface area (Å²) in [5.74, 6) is 0.404. The molecule has 4 nitrogen and oxygen atoms in total. The van der Waals surface area contributed by atoms with Gasteiger partial charge in [0.15, 0.2) is 0 Å². The average Bonchev–Trinajstić information content (AvgIpc) is 2.85. The summed E-state index contributed by atoms with van der Waals surface area (Å²) in [5.41, 5.74) is -0.552. The Balaban J connectivity index is 1.77. The third-order valence-electron chi connectivity index (χ3n) is 4.08. The Hall–Kier alpha value is -0.910. The van der Waals surface area contributed by atoms with Gasteiger partial charge in [-0.2, -0.15) is 0 Å².